The lowest BCUT2D eigenvalue weighted by Crippen LogP contribution is -2.37. The number of aromatic nitrogens is 2. The second-order valence-electron chi connectivity index (χ2n) is 6.86. The fourth-order valence-corrected chi connectivity index (χ4v) is 3.12. The smallest absolute Gasteiger partial charge is 0.315 e. The Morgan fingerprint density at radius 1 is 1.28 bits per heavy atom. The number of hydrogen-bond acceptors (Lipinski definition) is 8. The van der Waals surface area contributed by atoms with Gasteiger partial charge < -0.3 is 24.5 Å². The molecule has 1 saturated heterocycles. The molecule has 9 heteroatoms. The highest BCUT2D eigenvalue weighted by Crippen LogP contribution is 2.32. The number of amides is 1. The van der Waals surface area contributed by atoms with E-state index in [0.717, 1.165) is 52.2 Å². The summed E-state index contributed by atoms with van der Waals surface area (Å²) in [5.41, 5.74) is 1.35. The van der Waals surface area contributed by atoms with Crippen LogP contribution in [0.2, 0.25) is 0 Å². The molecule has 2 N–H and O–H groups in total. The van der Waals surface area contributed by atoms with Crippen LogP contribution >= 0.6 is 0 Å². The summed E-state index contributed by atoms with van der Waals surface area (Å²) >= 11 is 0. The van der Waals surface area contributed by atoms with Crippen molar-refractivity contribution < 1.29 is 18.7 Å². The van der Waals surface area contributed by atoms with Gasteiger partial charge in [0, 0.05) is 37.8 Å². The van der Waals surface area contributed by atoms with Crippen LogP contribution in [0.3, 0.4) is 0 Å². The maximum atomic E-state index is 11.8. The Kier molecular flexibility index (Phi) is 7.83. The van der Waals surface area contributed by atoms with E-state index in [0.29, 0.717) is 35.3 Å². The van der Waals surface area contributed by atoms with Crippen molar-refractivity contribution in [3.8, 4) is 17.2 Å². The van der Waals surface area contributed by atoms with Crippen LogP contribution < -0.4 is 15.4 Å². The first-order valence-corrected chi connectivity index (χ1v) is 10.1. The lowest BCUT2D eigenvalue weighted by atomic mass is 10.1. The van der Waals surface area contributed by atoms with Crippen LogP contribution in [-0.2, 0) is 9.53 Å². The topological polar surface area (TPSA) is 102 Å². The van der Waals surface area contributed by atoms with Crippen LogP contribution in [0.15, 0.2) is 22.6 Å². The molecule has 0 aliphatic carbocycles. The van der Waals surface area contributed by atoms with Gasteiger partial charge in [0.1, 0.15) is 5.75 Å². The molecule has 9 nitrogen and oxygen atoms in total. The molecule has 2 aromatic rings. The average molecular weight is 403 g/mol. The van der Waals surface area contributed by atoms with Gasteiger partial charge in [-0.15, -0.1) is 5.10 Å². The molecule has 0 atom stereocenters. The molecule has 2 heterocycles. The minimum atomic E-state index is -0.0244. The van der Waals surface area contributed by atoms with Gasteiger partial charge in [0.05, 0.1) is 25.9 Å². The van der Waals surface area contributed by atoms with Crippen LogP contribution in [-0.4, -0.2) is 67.5 Å². The first-order chi connectivity index (χ1) is 14.2. The van der Waals surface area contributed by atoms with E-state index in [1.807, 2.05) is 6.92 Å². The van der Waals surface area contributed by atoms with Gasteiger partial charge >= 0.3 is 6.01 Å². The summed E-state index contributed by atoms with van der Waals surface area (Å²) in [6.07, 6.45) is 2.26. The average Bonchev–Trinajstić information content (AvgIpc) is 3.21. The lowest BCUT2D eigenvalue weighted by molar-refractivity contribution is -0.116. The Labute approximate surface area is 170 Å². The van der Waals surface area contributed by atoms with E-state index in [-0.39, 0.29) is 5.91 Å². The zero-order valence-electron chi connectivity index (χ0n) is 17.1. The van der Waals surface area contributed by atoms with Crippen molar-refractivity contribution in [2.24, 2.45) is 0 Å². The van der Waals surface area contributed by atoms with E-state index in [9.17, 15) is 4.79 Å². The Hall–Kier alpha value is -2.65. The first kappa shape index (κ1) is 21.1. The van der Waals surface area contributed by atoms with Crippen molar-refractivity contribution in [3.05, 3.63) is 18.2 Å². The highest BCUT2D eigenvalue weighted by atomic mass is 16.5. The van der Waals surface area contributed by atoms with Gasteiger partial charge in [-0.3, -0.25) is 9.69 Å². The molecule has 0 saturated carbocycles. The summed E-state index contributed by atoms with van der Waals surface area (Å²) in [5, 5.41) is 14.2. The maximum Gasteiger partial charge on any atom is 0.315 e. The molecule has 1 fully saturated rings. The predicted molar refractivity (Wildman–Crippen MR) is 110 cm³/mol. The third-order valence-electron chi connectivity index (χ3n) is 4.65. The standard InChI is InChI=1S/C20H29N5O4/c1-3-5-18(26)22-15-6-7-16(17(14-15)27-2)19-23-24-20(29-19)21-8-4-9-25-10-12-28-13-11-25/h6-7,14H,3-5,8-13H2,1-2H3,(H,21,24)(H,22,26). The third kappa shape index (κ3) is 6.16. The number of nitrogens with one attached hydrogen (secondary N) is 2. The van der Waals surface area contributed by atoms with E-state index in [1.165, 1.54) is 0 Å². The summed E-state index contributed by atoms with van der Waals surface area (Å²) in [5.74, 6) is 0.898. The normalized spacial score (nSPS) is 14.6. The van der Waals surface area contributed by atoms with Crippen LogP contribution in [0, 0.1) is 0 Å². The number of rotatable bonds is 10. The van der Waals surface area contributed by atoms with Gasteiger partial charge in [-0.25, -0.2) is 0 Å². The molecule has 0 radical (unpaired) electrons. The largest absolute Gasteiger partial charge is 0.496 e. The number of ether oxygens (including phenoxy) is 2. The third-order valence-corrected chi connectivity index (χ3v) is 4.65. The summed E-state index contributed by atoms with van der Waals surface area (Å²) in [7, 11) is 1.57. The van der Waals surface area contributed by atoms with E-state index in [1.54, 1.807) is 25.3 Å². The van der Waals surface area contributed by atoms with E-state index in [4.69, 9.17) is 13.9 Å². The molecule has 1 aliphatic rings. The van der Waals surface area contributed by atoms with Gasteiger partial charge in [-0.1, -0.05) is 12.0 Å². The predicted octanol–water partition coefficient (Wildman–Crippen LogP) is 2.62. The van der Waals surface area contributed by atoms with Crippen LogP contribution in [0.25, 0.3) is 11.5 Å². The molecule has 158 valence electrons. The van der Waals surface area contributed by atoms with Crippen LogP contribution in [0.5, 0.6) is 5.75 Å². The molecule has 1 aliphatic heterocycles. The molecule has 1 aromatic heterocycles. The monoisotopic (exact) mass is 403 g/mol. The van der Waals surface area contributed by atoms with Gasteiger partial charge in [0.15, 0.2) is 0 Å². The number of benzene rings is 1. The number of nitrogens with zero attached hydrogens (tertiary/aromatic N) is 3. The number of morpholine rings is 1. The fraction of sp³-hybridized carbons (Fsp3) is 0.550. The molecule has 0 spiro atoms. The zero-order chi connectivity index (χ0) is 20.5. The summed E-state index contributed by atoms with van der Waals surface area (Å²) in [6.45, 7) is 7.31. The van der Waals surface area contributed by atoms with Gasteiger partial charge in [-0.05, 0) is 31.5 Å². The number of carbonyl (C=O) groups is 1. The fourth-order valence-electron chi connectivity index (χ4n) is 3.12. The molecular weight excluding hydrogens is 374 g/mol. The van der Waals surface area contributed by atoms with Crippen molar-refractivity contribution in [1.29, 1.82) is 0 Å². The quantitative estimate of drug-likeness (QED) is 0.584. The molecule has 0 unspecified atom stereocenters. The number of hydrogen-bond donors (Lipinski definition) is 2. The molecule has 3 rings (SSSR count). The SMILES string of the molecule is CCCC(=O)Nc1ccc(-c2nnc(NCCCN3CCOCC3)o2)c(OC)c1. The summed E-state index contributed by atoms with van der Waals surface area (Å²) in [6, 6.07) is 5.73. The zero-order valence-corrected chi connectivity index (χ0v) is 17.1. The number of methoxy groups -OCH3 is 1. The van der Waals surface area contributed by atoms with Crippen molar-refractivity contribution in [3.63, 3.8) is 0 Å². The van der Waals surface area contributed by atoms with Crippen LogP contribution in [0.4, 0.5) is 11.7 Å². The molecule has 29 heavy (non-hydrogen) atoms. The second kappa shape index (κ2) is 10.8. The van der Waals surface area contributed by atoms with Crippen molar-refractivity contribution in [1.82, 2.24) is 15.1 Å². The van der Waals surface area contributed by atoms with E-state index >= 15 is 0 Å². The van der Waals surface area contributed by atoms with E-state index in [2.05, 4.69) is 25.7 Å². The second-order valence-corrected chi connectivity index (χ2v) is 6.86. The van der Waals surface area contributed by atoms with E-state index < -0.39 is 0 Å². The van der Waals surface area contributed by atoms with Crippen LogP contribution in [0.1, 0.15) is 26.2 Å². The van der Waals surface area contributed by atoms with Gasteiger partial charge in [0.2, 0.25) is 5.91 Å². The minimum absolute atomic E-state index is 0.0244. The Morgan fingerprint density at radius 3 is 2.86 bits per heavy atom. The Bertz CT molecular complexity index is 789. The number of carbonyl (C=O) groups excluding carboxylic acids is 1. The summed E-state index contributed by atoms with van der Waals surface area (Å²) in [4.78, 5) is 14.2. The highest BCUT2D eigenvalue weighted by Gasteiger charge is 2.15. The minimum Gasteiger partial charge on any atom is -0.496 e. The van der Waals surface area contributed by atoms with Crippen molar-refractivity contribution in [2.75, 3.05) is 57.1 Å². The Morgan fingerprint density at radius 2 is 2.10 bits per heavy atom. The Balaban J connectivity index is 1.55. The van der Waals surface area contributed by atoms with Crippen molar-refractivity contribution >= 4 is 17.6 Å². The highest BCUT2D eigenvalue weighted by molar-refractivity contribution is 5.91. The van der Waals surface area contributed by atoms with Crippen molar-refractivity contribution in [2.45, 2.75) is 26.2 Å². The maximum absolute atomic E-state index is 11.8. The number of anilines is 2. The summed E-state index contributed by atoms with van der Waals surface area (Å²) < 4.78 is 16.5. The van der Waals surface area contributed by atoms with Gasteiger partial charge in [0.25, 0.3) is 5.89 Å². The molecular formula is C20H29N5O4. The molecule has 1 aromatic carbocycles. The molecule has 1 amide bonds. The molecule has 0 bridgehead atoms. The van der Waals surface area contributed by atoms with Gasteiger partial charge in [-0.2, -0.15) is 0 Å². The lowest BCUT2D eigenvalue weighted by Gasteiger charge is -2.26. The first-order valence-electron chi connectivity index (χ1n) is 10.1.